The molecule has 0 heterocycles. The van der Waals surface area contributed by atoms with Gasteiger partial charge in [-0.15, -0.1) is 0 Å². The monoisotopic (exact) mass is 293 g/mol. The number of carbonyl (C=O) groups excluding carboxylic acids is 1. The van der Waals surface area contributed by atoms with Gasteiger partial charge in [-0.1, -0.05) is 44.2 Å². The molecule has 0 spiro atoms. The van der Waals surface area contributed by atoms with E-state index in [1.54, 1.807) is 0 Å². The lowest BCUT2D eigenvalue weighted by Gasteiger charge is -2.23. The van der Waals surface area contributed by atoms with Crippen molar-refractivity contribution in [3.63, 3.8) is 0 Å². The predicted molar refractivity (Wildman–Crippen MR) is 79.9 cm³/mol. The van der Waals surface area contributed by atoms with Gasteiger partial charge in [-0.25, -0.2) is 4.79 Å². The Balaban J connectivity index is 2.65. The third-order valence-corrected chi connectivity index (χ3v) is 3.53. The first-order valence-corrected chi connectivity index (χ1v) is 7.01. The van der Waals surface area contributed by atoms with Crippen molar-refractivity contribution >= 4 is 11.9 Å². The maximum Gasteiger partial charge on any atom is 0.337 e. The van der Waals surface area contributed by atoms with E-state index in [1.165, 1.54) is 0 Å². The molecular weight excluding hydrogens is 270 g/mol. The third kappa shape index (κ3) is 5.19. The van der Waals surface area contributed by atoms with E-state index in [-0.39, 0.29) is 30.7 Å². The van der Waals surface area contributed by atoms with E-state index < -0.39 is 11.6 Å². The fourth-order valence-electron chi connectivity index (χ4n) is 2.06. The zero-order chi connectivity index (χ0) is 16.0. The zero-order valence-electron chi connectivity index (χ0n) is 12.7. The minimum atomic E-state index is -1.95. The number of carbonyl (C=O) groups is 2. The van der Waals surface area contributed by atoms with Crippen LogP contribution in [0.4, 0.5) is 0 Å². The van der Waals surface area contributed by atoms with Crippen LogP contribution in [0.5, 0.6) is 0 Å². The Morgan fingerprint density at radius 3 is 2.29 bits per heavy atom. The Morgan fingerprint density at radius 2 is 1.81 bits per heavy atom. The average molecular weight is 293 g/mol. The quantitative estimate of drug-likeness (QED) is 0.715. The zero-order valence-corrected chi connectivity index (χ0v) is 12.7. The van der Waals surface area contributed by atoms with Gasteiger partial charge in [-0.2, -0.15) is 0 Å². The van der Waals surface area contributed by atoms with Crippen LogP contribution in [0.1, 0.15) is 38.7 Å². The molecule has 0 aliphatic rings. The van der Waals surface area contributed by atoms with Gasteiger partial charge in [0.05, 0.1) is 6.54 Å². The third-order valence-electron chi connectivity index (χ3n) is 3.53. The van der Waals surface area contributed by atoms with Gasteiger partial charge in [0.25, 0.3) is 0 Å². The van der Waals surface area contributed by atoms with E-state index in [0.29, 0.717) is 0 Å². The molecular formula is C16H23NO4. The second-order valence-corrected chi connectivity index (χ2v) is 5.82. The number of hydrogen-bond donors (Lipinski definition) is 3. The van der Waals surface area contributed by atoms with Gasteiger partial charge in [0.1, 0.15) is 0 Å². The Bertz CT molecular complexity index is 482. The first-order chi connectivity index (χ1) is 9.74. The van der Waals surface area contributed by atoms with Gasteiger partial charge in [0, 0.05) is 6.42 Å². The lowest BCUT2D eigenvalue weighted by atomic mass is 9.85. The maximum absolute atomic E-state index is 12.0. The van der Waals surface area contributed by atoms with Crippen molar-refractivity contribution in [1.82, 2.24) is 5.32 Å². The van der Waals surface area contributed by atoms with Crippen LogP contribution in [0.15, 0.2) is 30.3 Å². The highest BCUT2D eigenvalue weighted by Gasteiger charge is 2.30. The molecule has 0 fully saturated rings. The summed E-state index contributed by atoms with van der Waals surface area (Å²) >= 11 is 0. The molecule has 0 saturated heterocycles. The number of carboxylic acid groups (broad SMARTS) is 1. The molecule has 2 unspecified atom stereocenters. The maximum atomic E-state index is 12.0. The summed E-state index contributed by atoms with van der Waals surface area (Å²) in [6.45, 7) is 4.93. The molecule has 1 rings (SSSR count). The first-order valence-electron chi connectivity index (χ1n) is 7.01. The fourth-order valence-corrected chi connectivity index (χ4v) is 2.06. The summed E-state index contributed by atoms with van der Waals surface area (Å²) in [4.78, 5) is 22.8. The molecule has 0 aromatic heterocycles. The highest BCUT2D eigenvalue weighted by Crippen LogP contribution is 2.27. The Labute approximate surface area is 125 Å². The average Bonchev–Trinajstić information content (AvgIpc) is 2.43. The van der Waals surface area contributed by atoms with Gasteiger partial charge >= 0.3 is 5.97 Å². The van der Waals surface area contributed by atoms with Crippen LogP contribution in [0.3, 0.4) is 0 Å². The van der Waals surface area contributed by atoms with Crippen LogP contribution in [-0.2, 0) is 9.59 Å². The van der Waals surface area contributed by atoms with Crippen LogP contribution in [-0.4, -0.2) is 34.2 Å². The molecule has 3 N–H and O–H groups in total. The number of rotatable bonds is 7. The Kier molecular flexibility index (Phi) is 5.90. The second kappa shape index (κ2) is 7.22. The minimum Gasteiger partial charge on any atom is -0.479 e. The smallest absolute Gasteiger partial charge is 0.337 e. The summed E-state index contributed by atoms with van der Waals surface area (Å²) in [7, 11) is 0. The van der Waals surface area contributed by atoms with Gasteiger partial charge in [-0.05, 0) is 24.3 Å². The van der Waals surface area contributed by atoms with Crippen LogP contribution in [0, 0.1) is 5.92 Å². The van der Waals surface area contributed by atoms with Crippen molar-refractivity contribution in [3.8, 4) is 0 Å². The van der Waals surface area contributed by atoms with Gasteiger partial charge in [-0.3, -0.25) is 4.79 Å². The Morgan fingerprint density at radius 1 is 1.24 bits per heavy atom. The molecule has 116 valence electrons. The van der Waals surface area contributed by atoms with E-state index in [0.717, 1.165) is 12.5 Å². The van der Waals surface area contributed by atoms with Crippen LogP contribution in [0.25, 0.3) is 0 Å². The minimum absolute atomic E-state index is 0.0565. The summed E-state index contributed by atoms with van der Waals surface area (Å²) in [5.41, 5.74) is -0.872. The normalized spacial score (nSPS) is 15.3. The number of hydrogen-bond acceptors (Lipinski definition) is 3. The van der Waals surface area contributed by atoms with Crippen molar-refractivity contribution in [2.75, 3.05) is 6.54 Å². The molecule has 0 aliphatic carbocycles. The largest absolute Gasteiger partial charge is 0.479 e. The molecule has 0 aliphatic heterocycles. The first kappa shape index (κ1) is 17.2. The van der Waals surface area contributed by atoms with E-state index in [2.05, 4.69) is 5.32 Å². The van der Waals surface area contributed by atoms with Crippen molar-refractivity contribution in [2.45, 2.75) is 38.7 Å². The van der Waals surface area contributed by atoms with E-state index in [9.17, 15) is 14.7 Å². The number of aliphatic hydroxyl groups is 1. The number of benzene rings is 1. The van der Waals surface area contributed by atoms with Crippen LogP contribution < -0.4 is 5.32 Å². The van der Waals surface area contributed by atoms with Crippen LogP contribution in [0.2, 0.25) is 0 Å². The van der Waals surface area contributed by atoms with Crippen molar-refractivity contribution in [3.05, 3.63) is 35.9 Å². The molecule has 0 bridgehead atoms. The number of amides is 1. The lowest BCUT2D eigenvalue weighted by molar-refractivity contribution is -0.156. The van der Waals surface area contributed by atoms with E-state index in [1.807, 2.05) is 44.2 Å². The van der Waals surface area contributed by atoms with Gasteiger partial charge in [0.15, 0.2) is 5.60 Å². The summed E-state index contributed by atoms with van der Waals surface area (Å²) < 4.78 is 0. The predicted octanol–water partition coefficient (Wildman–Crippen LogP) is 1.77. The van der Waals surface area contributed by atoms with E-state index >= 15 is 0 Å². The van der Waals surface area contributed by atoms with Crippen molar-refractivity contribution in [1.29, 1.82) is 0 Å². The SMILES string of the molecule is CC(C)C(CC(=O)NCC(C)(O)C(=O)O)c1ccccc1. The van der Waals surface area contributed by atoms with Crippen molar-refractivity contribution < 1.29 is 19.8 Å². The van der Waals surface area contributed by atoms with E-state index in [4.69, 9.17) is 5.11 Å². The summed E-state index contributed by atoms with van der Waals surface area (Å²) in [6, 6.07) is 9.73. The summed E-state index contributed by atoms with van der Waals surface area (Å²) in [5, 5.41) is 20.9. The van der Waals surface area contributed by atoms with Crippen LogP contribution >= 0.6 is 0 Å². The molecule has 1 aromatic rings. The molecule has 5 nitrogen and oxygen atoms in total. The standard InChI is InChI=1S/C16H23NO4/c1-11(2)13(12-7-5-4-6-8-12)9-14(18)17-10-16(3,21)15(19)20/h4-8,11,13,21H,9-10H2,1-3H3,(H,17,18)(H,19,20). The molecule has 0 radical (unpaired) electrons. The summed E-state index contributed by atoms with van der Waals surface area (Å²) in [6.07, 6.45) is 0.261. The number of carboxylic acids is 1. The second-order valence-electron chi connectivity index (χ2n) is 5.82. The molecule has 2 atom stereocenters. The van der Waals surface area contributed by atoms with Gasteiger partial charge < -0.3 is 15.5 Å². The molecule has 5 heteroatoms. The Hall–Kier alpha value is -1.88. The fraction of sp³-hybridized carbons (Fsp3) is 0.500. The number of aliphatic carboxylic acids is 1. The lowest BCUT2D eigenvalue weighted by Crippen LogP contribution is -2.46. The molecule has 0 saturated carbocycles. The highest BCUT2D eigenvalue weighted by atomic mass is 16.4. The highest BCUT2D eigenvalue weighted by molar-refractivity contribution is 5.80. The van der Waals surface area contributed by atoms with Crippen molar-refractivity contribution in [2.24, 2.45) is 5.92 Å². The molecule has 1 amide bonds. The summed E-state index contributed by atoms with van der Waals surface area (Å²) in [5.74, 6) is -1.29. The number of nitrogens with one attached hydrogen (secondary N) is 1. The molecule has 21 heavy (non-hydrogen) atoms. The molecule has 1 aromatic carbocycles. The van der Waals surface area contributed by atoms with Gasteiger partial charge in [0.2, 0.25) is 5.91 Å². The topological polar surface area (TPSA) is 86.6 Å².